The molecule has 1 atom stereocenters. The van der Waals surface area contributed by atoms with Gasteiger partial charge in [0.2, 0.25) is 0 Å². The summed E-state index contributed by atoms with van der Waals surface area (Å²) in [6.07, 6.45) is 1.85. The van der Waals surface area contributed by atoms with Crippen LogP contribution in [0.4, 0.5) is 0 Å². The molecule has 0 fully saturated rings. The minimum Gasteiger partial charge on any atom is -0.497 e. The monoisotopic (exact) mass is 371 g/mol. The van der Waals surface area contributed by atoms with Gasteiger partial charge in [0.15, 0.2) is 0 Å². The third-order valence-electron chi connectivity index (χ3n) is 3.05. The van der Waals surface area contributed by atoms with E-state index in [1.165, 1.54) is 0 Å². The van der Waals surface area contributed by atoms with Crippen molar-refractivity contribution in [2.75, 3.05) is 7.11 Å². The second-order valence-electron chi connectivity index (χ2n) is 4.21. The van der Waals surface area contributed by atoms with Crippen LogP contribution in [0.1, 0.15) is 29.0 Å². The summed E-state index contributed by atoms with van der Waals surface area (Å²) in [7, 11) is 1.62. The number of aromatic nitrogens is 1. The fourth-order valence-electron chi connectivity index (χ4n) is 1.98. The Bertz CT molecular complexity index is 589. The summed E-state index contributed by atoms with van der Waals surface area (Å²) < 4.78 is 7.80. The van der Waals surface area contributed by atoms with Crippen LogP contribution in [0.3, 0.4) is 0 Å². The first-order valence-electron chi connectivity index (χ1n) is 5.77. The molecule has 19 heavy (non-hydrogen) atoms. The number of aromatic carboxylic acids is 1. The summed E-state index contributed by atoms with van der Waals surface area (Å²) in [5.74, 6) is -0.125. The number of hydrogen-bond acceptors (Lipinski definition) is 2. The third kappa shape index (κ3) is 2.91. The zero-order chi connectivity index (χ0) is 14.0. The van der Waals surface area contributed by atoms with Gasteiger partial charge in [-0.15, -0.1) is 0 Å². The van der Waals surface area contributed by atoms with E-state index < -0.39 is 5.97 Å². The van der Waals surface area contributed by atoms with Crippen LogP contribution >= 0.6 is 22.6 Å². The van der Waals surface area contributed by atoms with E-state index >= 15 is 0 Å². The molecule has 1 N–H and O–H groups in total. The summed E-state index contributed by atoms with van der Waals surface area (Å²) in [6.45, 7) is 1.98. The van der Waals surface area contributed by atoms with Crippen molar-refractivity contribution < 1.29 is 14.6 Å². The standard InChI is InChI=1S/C14H14INO3/c1-9(10-3-5-12(19-2)6-4-10)16-8-11(15)7-13(16)14(17)18/h3-9H,1-2H3,(H,17,18). The minimum absolute atomic E-state index is 0.0412. The molecule has 0 aliphatic carbocycles. The third-order valence-corrected chi connectivity index (χ3v) is 3.64. The van der Waals surface area contributed by atoms with Gasteiger partial charge in [0, 0.05) is 9.77 Å². The number of nitrogens with zero attached hydrogens (tertiary/aromatic N) is 1. The van der Waals surface area contributed by atoms with E-state index in [2.05, 4.69) is 22.6 Å². The smallest absolute Gasteiger partial charge is 0.352 e. The highest BCUT2D eigenvalue weighted by Gasteiger charge is 2.17. The summed E-state index contributed by atoms with van der Waals surface area (Å²) in [6, 6.07) is 9.27. The molecule has 5 heteroatoms. The van der Waals surface area contributed by atoms with Crippen molar-refractivity contribution in [2.45, 2.75) is 13.0 Å². The molecule has 0 amide bonds. The van der Waals surface area contributed by atoms with Crippen LogP contribution in [-0.2, 0) is 0 Å². The van der Waals surface area contributed by atoms with Crippen LogP contribution in [0, 0.1) is 3.57 Å². The van der Waals surface area contributed by atoms with Crippen molar-refractivity contribution in [1.82, 2.24) is 4.57 Å². The SMILES string of the molecule is COc1ccc(C(C)n2cc(I)cc2C(=O)O)cc1. The maximum atomic E-state index is 11.2. The average molecular weight is 371 g/mol. The van der Waals surface area contributed by atoms with Gasteiger partial charge in [0.05, 0.1) is 13.2 Å². The van der Waals surface area contributed by atoms with Gasteiger partial charge in [-0.25, -0.2) is 4.79 Å². The van der Waals surface area contributed by atoms with E-state index in [9.17, 15) is 9.90 Å². The molecule has 1 heterocycles. The van der Waals surface area contributed by atoms with Gasteiger partial charge in [0.1, 0.15) is 11.4 Å². The lowest BCUT2D eigenvalue weighted by Crippen LogP contribution is -2.12. The van der Waals surface area contributed by atoms with Crippen LogP contribution in [-0.4, -0.2) is 22.8 Å². The molecule has 2 rings (SSSR count). The van der Waals surface area contributed by atoms with Crippen molar-refractivity contribution in [3.63, 3.8) is 0 Å². The second-order valence-corrected chi connectivity index (χ2v) is 5.45. The predicted molar refractivity (Wildman–Crippen MR) is 80.9 cm³/mol. The Kier molecular flexibility index (Phi) is 4.14. The number of carboxylic acids is 1. The molecule has 1 aromatic heterocycles. The molecule has 0 aliphatic heterocycles. The van der Waals surface area contributed by atoms with Crippen LogP contribution in [0.5, 0.6) is 5.75 Å². The van der Waals surface area contributed by atoms with Gasteiger partial charge < -0.3 is 14.4 Å². The van der Waals surface area contributed by atoms with Crippen LogP contribution < -0.4 is 4.74 Å². The molecule has 2 aromatic rings. The number of rotatable bonds is 4. The van der Waals surface area contributed by atoms with E-state index in [1.54, 1.807) is 17.7 Å². The summed E-state index contributed by atoms with van der Waals surface area (Å²) in [5, 5.41) is 9.21. The van der Waals surface area contributed by atoms with Gasteiger partial charge in [-0.2, -0.15) is 0 Å². The summed E-state index contributed by atoms with van der Waals surface area (Å²) in [4.78, 5) is 11.2. The zero-order valence-corrected chi connectivity index (χ0v) is 12.8. The molecule has 0 spiro atoms. The van der Waals surface area contributed by atoms with Gasteiger partial charge in [-0.05, 0) is 53.3 Å². The number of carbonyl (C=O) groups is 1. The lowest BCUT2D eigenvalue weighted by Gasteiger charge is -2.16. The first-order chi connectivity index (χ1) is 9.02. The van der Waals surface area contributed by atoms with Gasteiger partial charge in [-0.1, -0.05) is 12.1 Å². The largest absolute Gasteiger partial charge is 0.497 e. The molecular formula is C14H14INO3. The number of benzene rings is 1. The van der Waals surface area contributed by atoms with Crippen molar-refractivity contribution in [2.24, 2.45) is 0 Å². The van der Waals surface area contributed by atoms with E-state index in [0.717, 1.165) is 14.9 Å². The Hall–Kier alpha value is -1.50. The Balaban J connectivity index is 2.37. The lowest BCUT2D eigenvalue weighted by atomic mass is 10.1. The summed E-state index contributed by atoms with van der Waals surface area (Å²) in [5.41, 5.74) is 1.34. The quantitative estimate of drug-likeness (QED) is 0.839. The fraction of sp³-hybridized carbons (Fsp3) is 0.214. The molecule has 1 unspecified atom stereocenters. The Morgan fingerprint density at radius 1 is 1.37 bits per heavy atom. The Labute approximate surface area is 125 Å². The highest BCUT2D eigenvalue weighted by Crippen LogP contribution is 2.24. The first-order valence-corrected chi connectivity index (χ1v) is 6.85. The number of hydrogen-bond donors (Lipinski definition) is 1. The molecule has 0 aliphatic rings. The van der Waals surface area contributed by atoms with Crippen LogP contribution in [0.2, 0.25) is 0 Å². The van der Waals surface area contributed by atoms with Gasteiger partial charge >= 0.3 is 5.97 Å². The normalized spacial score (nSPS) is 12.2. The van der Waals surface area contributed by atoms with Crippen molar-refractivity contribution in [3.05, 3.63) is 51.4 Å². The van der Waals surface area contributed by atoms with Gasteiger partial charge in [-0.3, -0.25) is 0 Å². The maximum Gasteiger partial charge on any atom is 0.352 e. The van der Waals surface area contributed by atoms with E-state index in [0.29, 0.717) is 5.69 Å². The molecule has 0 saturated carbocycles. The number of carboxylic acid groups (broad SMARTS) is 1. The first kappa shape index (κ1) is 13.9. The molecule has 1 aromatic carbocycles. The molecule has 0 bridgehead atoms. The van der Waals surface area contributed by atoms with Crippen molar-refractivity contribution >= 4 is 28.6 Å². The van der Waals surface area contributed by atoms with Gasteiger partial charge in [0.25, 0.3) is 0 Å². The molecule has 0 radical (unpaired) electrons. The molecule has 0 saturated heterocycles. The van der Waals surface area contributed by atoms with E-state index in [4.69, 9.17) is 4.74 Å². The van der Waals surface area contributed by atoms with Crippen LogP contribution in [0.25, 0.3) is 0 Å². The topological polar surface area (TPSA) is 51.5 Å². The molecular weight excluding hydrogens is 357 g/mol. The van der Waals surface area contributed by atoms with Crippen LogP contribution in [0.15, 0.2) is 36.5 Å². The predicted octanol–water partition coefficient (Wildman–Crippen LogP) is 3.41. The second kappa shape index (κ2) is 5.64. The molecule has 4 nitrogen and oxygen atoms in total. The highest BCUT2D eigenvalue weighted by atomic mass is 127. The van der Waals surface area contributed by atoms with Crippen molar-refractivity contribution in [3.8, 4) is 5.75 Å². The number of methoxy groups -OCH3 is 1. The van der Waals surface area contributed by atoms with E-state index in [-0.39, 0.29) is 6.04 Å². The Morgan fingerprint density at radius 3 is 2.53 bits per heavy atom. The zero-order valence-electron chi connectivity index (χ0n) is 10.6. The molecule has 100 valence electrons. The summed E-state index contributed by atoms with van der Waals surface area (Å²) >= 11 is 2.12. The lowest BCUT2D eigenvalue weighted by molar-refractivity contribution is 0.0684. The number of halogens is 1. The fourth-order valence-corrected chi connectivity index (χ4v) is 2.58. The maximum absolute atomic E-state index is 11.2. The highest BCUT2D eigenvalue weighted by molar-refractivity contribution is 14.1. The minimum atomic E-state index is -0.914. The Morgan fingerprint density at radius 2 is 2.00 bits per heavy atom. The number of ether oxygens (including phenoxy) is 1. The van der Waals surface area contributed by atoms with Crippen molar-refractivity contribution in [1.29, 1.82) is 0 Å². The van der Waals surface area contributed by atoms with E-state index in [1.807, 2.05) is 37.4 Å². The average Bonchev–Trinajstić information content (AvgIpc) is 2.80.